The highest BCUT2D eigenvalue weighted by Crippen LogP contribution is 2.21. The Balaban J connectivity index is 2.00. The zero-order valence-electron chi connectivity index (χ0n) is 13.3. The SMILES string of the molecule is CCN(CCC(N)c1ccccc1C)c1ccc(C)cc1. The van der Waals surface area contributed by atoms with Crippen molar-refractivity contribution < 1.29 is 0 Å². The Morgan fingerprint density at radius 2 is 1.67 bits per heavy atom. The van der Waals surface area contributed by atoms with Crippen LogP contribution in [-0.2, 0) is 0 Å². The molecule has 0 spiro atoms. The summed E-state index contributed by atoms with van der Waals surface area (Å²) in [5.74, 6) is 0. The average Bonchev–Trinajstić information content (AvgIpc) is 2.49. The molecule has 0 aliphatic carbocycles. The van der Waals surface area contributed by atoms with Crippen LogP contribution in [0.3, 0.4) is 0 Å². The topological polar surface area (TPSA) is 29.3 Å². The maximum Gasteiger partial charge on any atom is 0.0366 e. The first-order valence-electron chi connectivity index (χ1n) is 7.74. The number of nitrogens with two attached hydrogens (primary N) is 1. The molecule has 2 N–H and O–H groups in total. The van der Waals surface area contributed by atoms with E-state index in [1.54, 1.807) is 0 Å². The maximum atomic E-state index is 6.37. The molecule has 2 aromatic carbocycles. The predicted molar refractivity (Wildman–Crippen MR) is 91.8 cm³/mol. The van der Waals surface area contributed by atoms with E-state index < -0.39 is 0 Å². The molecule has 0 fully saturated rings. The molecule has 0 aliphatic rings. The van der Waals surface area contributed by atoms with Crippen LogP contribution in [0.1, 0.15) is 36.1 Å². The number of anilines is 1. The van der Waals surface area contributed by atoms with E-state index >= 15 is 0 Å². The van der Waals surface area contributed by atoms with Crippen molar-refractivity contribution in [1.82, 2.24) is 0 Å². The minimum atomic E-state index is 0.102. The lowest BCUT2D eigenvalue weighted by Gasteiger charge is -2.25. The van der Waals surface area contributed by atoms with Crippen molar-refractivity contribution in [1.29, 1.82) is 0 Å². The van der Waals surface area contributed by atoms with Gasteiger partial charge in [-0.05, 0) is 50.5 Å². The van der Waals surface area contributed by atoms with Crippen molar-refractivity contribution in [2.45, 2.75) is 33.2 Å². The molecule has 2 heteroatoms. The van der Waals surface area contributed by atoms with Crippen molar-refractivity contribution in [3.8, 4) is 0 Å². The second-order valence-corrected chi connectivity index (χ2v) is 5.67. The third kappa shape index (κ3) is 4.08. The third-order valence-electron chi connectivity index (χ3n) is 4.08. The van der Waals surface area contributed by atoms with E-state index in [1.165, 1.54) is 22.4 Å². The van der Waals surface area contributed by atoms with Crippen LogP contribution in [0.15, 0.2) is 48.5 Å². The highest BCUT2D eigenvalue weighted by atomic mass is 15.1. The fraction of sp³-hybridized carbons (Fsp3) is 0.368. The molecular weight excluding hydrogens is 256 g/mol. The summed E-state index contributed by atoms with van der Waals surface area (Å²) >= 11 is 0. The summed E-state index contributed by atoms with van der Waals surface area (Å²) in [6, 6.07) is 17.2. The Morgan fingerprint density at radius 1 is 1.00 bits per heavy atom. The van der Waals surface area contributed by atoms with Crippen LogP contribution in [0.25, 0.3) is 0 Å². The molecule has 0 amide bonds. The van der Waals surface area contributed by atoms with Gasteiger partial charge in [0.2, 0.25) is 0 Å². The minimum Gasteiger partial charge on any atom is -0.372 e. The van der Waals surface area contributed by atoms with Gasteiger partial charge in [-0.15, -0.1) is 0 Å². The molecule has 0 saturated carbocycles. The molecule has 1 unspecified atom stereocenters. The Bertz CT molecular complexity index is 560. The zero-order valence-corrected chi connectivity index (χ0v) is 13.3. The van der Waals surface area contributed by atoms with Crippen LogP contribution in [0.2, 0.25) is 0 Å². The monoisotopic (exact) mass is 282 g/mol. The van der Waals surface area contributed by atoms with Gasteiger partial charge in [0, 0.05) is 24.8 Å². The van der Waals surface area contributed by atoms with Gasteiger partial charge in [-0.2, -0.15) is 0 Å². The van der Waals surface area contributed by atoms with Crippen molar-refractivity contribution in [3.05, 3.63) is 65.2 Å². The van der Waals surface area contributed by atoms with E-state index in [-0.39, 0.29) is 6.04 Å². The molecule has 2 nitrogen and oxygen atoms in total. The molecule has 0 radical (unpaired) electrons. The summed E-state index contributed by atoms with van der Waals surface area (Å²) in [6.45, 7) is 8.43. The van der Waals surface area contributed by atoms with Gasteiger partial charge in [0.25, 0.3) is 0 Å². The number of hydrogen-bond acceptors (Lipinski definition) is 2. The molecular formula is C19H26N2. The fourth-order valence-corrected chi connectivity index (χ4v) is 2.68. The van der Waals surface area contributed by atoms with E-state index in [9.17, 15) is 0 Å². The van der Waals surface area contributed by atoms with Gasteiger partial charge in [-0.3, -0.25) is 0 Å². The molecule has 0 aliphatic heterocycles. The molecule has 0 bridgehead atoms. The number of aryl methyl sites for hydroxylation is 2. The molecule has 0 saturated heterocycles. The van der Waals surface area contributed by atoms with Gasteiger partial charge < -0.3 is 10.6 Å². The van der Waals surface area contributed by atoms with Crippen LogP contribution in [-0.4, -0.2) is 13.1 Å². The number of hydrogen-bond donors (Lipinski definition) is 1. The molecule has 0 heterocycles. The van der Waals surface area contributed by atoms with Crippen molar-refractivity contribution in [2.24, 2.45) is 5.73 Å². The smallest absolute Gasteiger partial charge is 0.0366 e. The maximum absolute atomic E-state index is 6.37. The lowest BCUT2D eigenvalue weighted by Crippen LogP contribution is -2.27. The third-order valence-corrected chi connectivity index (χ3v) is 4.08. The Morgan fingerprint density at radius 3 is 2.29 bits per heavy atom. The average molecular weight is 282 g/mol. The van der Waals surface area contributed by atoms with Gasteiger partial charge in [0.05, 0.1) is 0 Å². The molecule has 0 aromatic heterocycles. The van der Waals surface area contributed by atoms with E-state index in [0.717, 1.165) is 19.5 Å². The Kier molecular flexibility index (Phi) is 5.40. The first-order chi connectivity index (χ1) is 10.1. The normalized spacial score (nSPS) is 12.2. The second kappa shape index (κ2) is 7.28. The van der Waals surface area contributed by atoms with E-state index in [4.69, 9.17) is 5.73 Å². The van der Waals surface area contributed by atoms with Gasteiger partial charge in [-0.1, -0.05) is 42.0 Å². The molecule has 112 valence electrons. The number of benzene rings is 2. The lowest BCUT2D eigenvalue weighted by atomic mass is 9.99. The number of rotatable bonds is 6. The van der Waals surface area contributed by atoms with E-state index in [0.29, 0.717) is 0 Å². The van der Waals surface area contributed by atoms with Crippen molar-refractivity contribution in [3.63, 3.8) is 0 Å². The molecule has 21 heavy (non-hydrogen) atoms. The van der Waals surface area contributed by atoms with Gasteiger partial charge >= 0.3 is 0 Å². The lowest BCUT2D eigenvalue weighted by molar-refractivity contribution is 0.629. The van der Waals surface area contributed by atoms with E-state index in [1.807, 2.05) is 0 Å². The second-order valence-electron chi connectivity index (χ2n) is 5.67. The largest absolute Gasteiger partial charge is 0.372 e. The standard InChI is InChI=1S/C19H26N2/c1-4-21(17-11-9-15(2)10-12-17)14-13-19(20)18-8-6-5-7-16(18)3/h5-12,19H,4,13-14,20H2,1-3H3. The minimum absolute atomic E-state index is 0.102. The summed E-state index contributed by atoms with van der Waals surface area (Å²) in [5, 5.41) is 0. The molecule has 2 aromatic rings. The van der Waals surface area contributed by atoms with Gasteiger partial charge in [0.1, 0.15) is 0 Å². The summed E-state index contributed by atoms with van der Waals surface area (Å²) in [5.41, 5.74) is 11.5. The van der Waals surface area contributed by atoms with Crippen LogP contribution in [0.5, 0.6) is 0 Å². The summed E-state index contributed by atoms with van der Waals surface area (Å²) in [7, 11) is 0. The molecule has 1 atom stereocenters. The van der Waals surface area contributed by atoms with Crippen LogP contribution in [0, 0.1) is 13.8 Å². The Hall–Kier alpha value is -1.80. The van der Waals surface area contributed by atoms with Crippen molar-refractivity contribution in [2.75, 3.05) is 18.0 Å². The summed E-state index contributed by atoms with van der Waals surface area (Å²) < 4.78 is 0. The van der Waals surface area contributed by atoms with Gasteiger partial charge in [-0.25, -0.2) is 0 Å². The van der Waals surface area contributed by atoms with E-state index in [2.05, 4.69) is 74.2 Å². The fourth-order valence-electron chi connectivity index (χ4n) is 2.68. The highest BCUT2D eigenvalue weighted by molar-refractivity contribution is 5.47. The molecule has 2 rings (SSSR count). The van der Waals surface area contributed by atoms with Crippen LogP contribution < -0.4 is 10.6 Å². The number of nitrogens with zero attached hydrogens (tertiary/aromatic N) is 1. The van der Waals surface area contributed by atoms with Crippen LogP contribution in [0.4, 0.5) is 5.69 Å². The zero-order chi connectivity index (χ0) is 15.2. The predicted octanol–water partition coefficient (Wildman–Crippen LogP) is 4.22. The van der Waals surface area contributed by atoms with Crippen molar-refractivity contribution >= 4 is 5.69 Å². The summed E-state index contributed by atoms with van der Waals surface area (Å²) in [6.07, 6.45) is 0.965. The first kappa shape index (κ1) is 15.6. The van der Waals surface area contributed by atoms with Crippen LogP contribution >= 0.6 is 0 Å². The first-order valence-corrected chi connectivity index (χ1v) is 7.74. The quantitative estimate of drug-likeness (QED) is 0.859. The van der Waals surface area contributed by atoms with Gasteiger partial charge in [0.15, 0.2) is 0 Å². The Labute approximate surface area is 128 Å². The highest BCUT2D eigenvalue weighted by Gasteiger charge is 2.11. The summed E-state index contributed by atoms with van der Waals surface area (Å²) in [4.78, 5) is 2.39.